The molecule has 9 heteroatoms. The molecule has 0 aliphatic heterocycles. The van der Waals surface area contributed by atoms with Crippen molar-refractivity contribution in [2.45, 2.75) is 44.3 Å². The third kappa shape index (κ3) is 4.47. The molecule has 3 rings (SSSR count). The van der Waals surface area contributed by atoms with Crippen molar-refractivity contribution < 1.29 is 18.0 Å². The van der Waals surface area contributed by atoms with Crippen molar-refractivity contribution in [2.75, 3.05) is 5.32 Å². The van der Waals surface area contributed by atoms with E-state index in [-0.39, 0.29) is 5.57 Å². The first-order valence-electron chi connectivity index (χ1n) is 9.04. The smallest absolute Gasteiger partial charge is 0.404 e. The summed E-state index contributed by atoms with van der Waals surface area (Å²) in [5, 5.41) is 7.97. The lowest BCUT2D eigenvalue weighted by Crippen LogP contribution is -2.22. The summed E-state index contributed by atoms with van der Waals surface area (Å²) in [4.78, 5) is 12.2. The summed E-state index contributed by atoms with van der Waals surface area (Å²) in [5.74, 6) is -0.784. The first-order valence-corrected chi connectivity index (χ1v) is 9.04. The largest absolute Gasteiger partial charge is 0.430 e. The van der Waals surface area contributed by atoms with Gasteiger partial charge in [0.2, 0.25) is 0 Å². The number of anilines is 1. The van der Waals surface area contributed by atoms with Crippen molar-refractivity contribution in [3.63, 3.8) is 0 Å². The van der Waals surface area contributed by atoms with E-state index in [1.54, 1.807) is 18.2 Å². The zero-order valence-corrected chi connectivity index (χ0v) is 15.2. The lowest BCUT2D eigenvalue weighted by atomic mass is 9.96. The second-order valence-corrected chi connectivity index (χ2v) is 6.85. The molecular formula is C19H22F3N5O. The molecule has 1 saturated carbocycles. The van der Waals surface area contributed by atoms with Crippen LogP contribution in [0.15, 0.2) is 47.9 Å². The molecule has 1 fully saturated rings. The molecule has 1 aliphatic rings. The Morgan fingerprint density at radius 1 is 1.25 bits per heavy atom. The van der Waals surface area contributed by atoms with Gasteiger partial charge in [0.25, 0.3) is 5.91 Å². The summed E-state index contributed by atoms with van der Waals surface area (Å²) in [6.45, 7) is 0. The number of nitrogens with two attached hydrogens (primary N) is 2. The number of hydrogen-bond acceptors (Lipinski definition) is 4. The van der Waals surface area contributed by atoms with Crippen LogP contribution in [0.25, 0.3) is 10.9 Å². The Hall–Kier alpha value is -2.97. The van der Waals surface area contributed by atoms with Gasteiger partial charge in [0.05, 0.1) is 17.1 Å². The third-order valence-electron chi connectivity index (χ3n) is 4.81. The highest BCUT2D eigenvalue weighted by molar-refractivity contribution is 6.06. The third-order valence-corrected chi connectivity index (χ3v) is 4.81. The van der Waals surface area contributed by atoms with Crippen molar-refractivity contribution in [3.8, 4) is 0 Å². The molecular weight excluding hydrogens is 371 g/mol. The zero-order valence-electron chi connectivity index (χ0n) is 15.2. The van der Waals surface area contributed by atoms with Crippen molar-refractivity contribution in [1.29, 1.82) is 0 Å². The Kier molecular flexibility index (Phi) is 5.62. The quantitative estimate of drug-likeness (QED) is 0.544. The van der Waals surface area contributed by atoms with Crippen LogP contribution in [0.2, 0.25) is 0 Å². The fourth-order valence-corrected chi connectivity index (χ4v) is 3.30. The maximum atomic E-state index is 12.6. The van der Waals surface area contributed by atoms with E-state index >= 15 is 0 Å². The topological polar surface area (TPSA) is 99.0 Å². The number of benzene rings is 1. The number of rotatable bonds is 4. The molecule has 1 amide bonds. The highest BCUT2D eigenvalue weighted by Gasteiger charge is 2.32. The molecule has 6 nitrogen and oxygen atoms in total. The Labute approximate surface area is 160 Å². The fourth-order valence-electron chi connectivity index (χ4n) is 3.30. The van der Waals surface area contributed by atoms with Crippen LogP contribution in [-0.4, -0.2) is 21.9 Å². The minimum Gasteiger partial charge on any atom is -0.404 e. The fraction of sp³-hybridized carbons (Fsp3) is 0.368. The van der Waals surface area contributed by atoms with Crippen LogP contribution in [0.4, 0.5) is 18.9 Å². The molecule has 0 unspecified atom stereocenters. The molecule has 1 aliphatic carbocycles. The van der Waals surface area contributed by atoms with Gasteiger partial charge in [-0.3, -0.25) is 9.48 Å². The van der Waals surface area contributed by atoms with Gasteiger partial charge in [0, 0.05) is 23.5 Å². The predicted octanol–water partition coefficient (Wildman–Crippen LogP) is 3.73. The summed E-state index contributed by atoms with van der Waals surface area (Å²) in [6.07, 6.45) is 4.30. The molecule has 0 spiro atoms. The van der Waals surface area contributed by atoms with Crippen molar-refractivity contribution in [1.82, 2.24) is 9.78 Å². The van der Waals surface area contributed by atoms with Gasteiger partial charge in [-0.05, 0) is 37.1 Å². The van der Waals surface area contributed by atoms with E-state index in [4.69, 9.17) is 11.5 Å². The van der Waals surface area contributed by atoms with Crippen molar-refractivity contribution in [2.24, 2.45) is 11.5 Å². The molecule has 2 aromatic rings. The van der Waals surface area contributed by atoms with E-state index in [1.807, 2.05) is 10.9 Å². The average molecular weight is 393 g/mol. The lowest BCUT2D eigenvalue weighted by molar-refractivity contribution is -0.112. The summed E-state index contributed by atoms with van der Waals surface area (Å²) in [5.41, 5.74) is 9.69. The van der Waals surface area contributed by atoms with Gasteiger partial charge in [-0.2, -0.15) is 18.3 Å². The molecule has 28 heavy (non-hydrogen) atoms. The lowest BCUT2D eigenvalue weighted by Gasteiger charge is -2.21. The van der Waals surface area contributed by atoms with Gasteiger partial charge in [-0.25, -0.2) is 0 Å². The number of halogens is 3. The van der Waals surface area contributed by atoms with E-state index in [0.717, 1.165) is 29.9 Å². The van der Waals surface area contributed by atoms with Crippen LogP contribution in [0.1, 0.15) is 38.1 Å². The molecule has 1 aromatic heterocycles. The van der Waals surface area contributed by atoms with Gasteiger partial charge in [-0.1, -0.05) is 19.3 Å². The van der Waals surface area contributed by atoms with Crippen LogP contribution in [-0.2, 0) is 4.79 Å². The van der Waals surface area contributed by atoms with Gasteiger partial charge < -0.3 is 16.8 Å². The van der Waals surface area contributed by atoms with E-state index in [0.29, 0.717) is 17.8 Å². The van der Waals surface area contributed by atoms with Crippen molar-refractivity contribution in [3.05, 3.63) is 47.9 Å². The second-order valence-electron chi connectivity index (χ2n) is 6.85. The number of carbonyl (C=O) groups is 1. The number of alkyl halides is 3. The SMILES string of the molecule is N/C=C(\C=C(/N)C(F)(F)F)C(=O)Nc1ccc2nn(C3CCCCC3)cc2c1. The van der Waals surface area contributed by atoms with Crippen LogP contribution in [0, 0.1) is 0 Å². The standard InChI is InChI=1S/C19H22F3N5O/c20-19(21,22)17(24)9-12(10-23)18(28)25-14-6-7-16-13(8-14)11-27(26-16)15-4-2-1-3-5-15/h6-11,15H,1-5,23-24H2,(H,25,28)/b12-10+,17-9-. The maximum absolute atomic E-state index is 12.6. The van der Waals surface area contributed by atoms with E-state index < -0.39 is 17.8 Å². The van der Waals surface area contributed by atoms with Gasteiger partial charge in [0.1, 0.15) is 5.70 Å². The van der Waals surface area contributed by atoms with Crippen LogP contribution >= 0.6 is 0 Å². The Morgan fingerprint density at radius 3 is 2.61 bits per heavy atom. The van der Waals surface area contributed by atoms with Crippen LogP contribution in [0.5, 0.6) is 0 Å². The molecule has 1 aromatic carbocycles. The first-order chi connectivity index (χ1) is 13.3. The van der Waals surface area contributed by atoms with E-state index in [1.165, 1.54) is 19.3 Å². The number of hydrogen-bond donors (Lipinski definition) is 3. The van der Waals surface area contributed by atoms with Gasteiger partial charge in [-0.15, -0.1) is 0 Å². The highest BCUT2D eigenvalue weighted by atomic mass is 19.4. The summed E-state index contributed by atoms with van der Waals surface area (Å²) in [6, 6.07) is 5.51. The predicted molar refractivity (Wildman–Crippen MR) is 101 cm³/mol. The zero-order chi connectivity index (χ0) is 20.3. The average Bonchev–Trinajstić information content (AvgIpc) is 3.09. The monoisotopic (exact) mass is 393 g/mol. The second kappa shape index (κ2) is 7.95. The van der Waals surface area contributed by atoms with Crippen molar-refractivity contribution >= 4 is 22.5 Å². The molecule has 0 bridgehead atoms. The Balaban J connectivity index is 1.77. The Bertz CT molecular complexity index is 923. The Morgan fingerprint density at radius 2 is 1.96 bits per heavy atom. The number of amides is 1. The minimum absolute atomic E-state index is 0.376. The summed E-state index contributed by atoms with van der Waals surface area (Å²) in [7, 11) is 0. The molecule has 150 valence electrons. The number of fused-ring (bicyclic) bond motifs is 1. The van der Waals surface area contributed by atoms with Crippen LogP contribution in [0.3, 0.4) is 0 Å². The highest BCUT2D eigenvalue weighted by Crippen LogP contribution is 2.29. The normalized spacial score (nSPS) is 17.1. The number of allylic oxidation sites excluding steroid dienone is 1. The number of nitrogens with zero attached hydrogens (tertiary/aromatic N) is 2. The van der Waals surface area contributed by atoms with E-state index in [9.17, 15) is 18.0 Å². The molecule has 0 atom stereocenters. The molecule has 0 radical (unpaired) electrons. The number of carbonyl (C=O) groups excluding carboxylic acids is 1. The van der Waals surface area contributed by atoms with Gasteiger partial charge in [0.15, 0.2) is 0 Å². The summed E-state index contributed by atoms with van der Waals surface area (Å²) < 4.78 is 39.7. The van der Waals surface area contributed by atoms with Crippen LogP contribution < -0.4 is 16.8 Å². The van der Waals surface area contributed by atoms with E-state index in [2.05, 4.69) is 10.4 Å². The van der Waals surface area contributed by atoms with Gasteiger partial charge >= 0.3 is 6.18 Å². The minimum atomic E-state index is -4.73. The number of aromatic nitrogens is 2. The number of nitrogens with one attached hydrogen (secondary N) is 1. The molecule has 5 N–H and O–H groups in total. The molecule has 0 saturated heterocycles. The summed E-state index contributed by atoms with van der Waals surface area (Å²) >= 11 is 0. The molecule has 1 heterocycles. The maximum Gasteiger partial charge on any atom is 0.430 e. The first kappa shape index (κ1) is 19.8.